The maximum Gasteiger partial charge on any atom is 0.243 e. The molecule has 0 radical (unpaired) electrons. The Kier molecular flexibility index (Phi) is 10.3. The Bertz CT molecular complexity index is 1010. The smallest absolute Gasteiger partial charge is 0.243 e. The second kappa shape index (κ2) is 12.1. The highest BCUT2D eigenvalue weighted by Crippen LogP contribution is 2.22. The third kappa shape index (κ3) is 9.73. The lowest BCUT2D eigenvalue weighted by atomic mass is 10.1. The molecule has 7 nitrogen and oxygen atoms in total. The Morgan fingerprint density at radius 1 is 0.853 bits per heavy atom. The summed E-state index contributed by atoms with van der Waals surface area (Å²) < 4.78 is 28.4. The molecule has 0 aliphatic carbocycles. The monoisotopic (exact) mass is 555 g/mol. The van der Waals surface area contributed by atoms with Crippen LogP contribution in [0.4, 0.5) is 0 Å². The molecular formula is C25H38BrN3O4S. The van der Waals surface area contributed by atoms with Crippen molar-refractivity contribution in [1.82, 2.24) is 4.31 Å². The number of aryl methyl sites for hydroxylation is 2. The van der Waals surface area contributed by atoms with Crippen LogP contribution in [0.25, 0.3) is 0 Å². The lowest BCUT2D eigenvalue weighted by molar-refractivity contribution is -0.873. The Hall–Kier alpha value is -1.33. The molecule has 1 atom stereocenters. The van der Waals surface area contributed by atoms with Crippen molar-refractivity contribution in [2.45, 2.75) is 44.6 Å². The minimum absolute atomic E-state index is 0.253. The van der Waals surface area contributed by atoms with Gasteiger partial charge >= 0.3 is 0 Å². The lowest BCUT2D eigenvalue weighted by Gasteiger charge is -2.40. The van der Waals surface area contributed by atoms with Crippen LogP contribution in [0, 0.1) is 24.3 Å². The fourth-order valence-electron chi connectivity index (χ4n) is 4.04. The zero-order valence-electron chi connectivity index (χ0n) is 21.0. The highest BCUT2D eigenvalue weighted by Gasteiger charge is 2.25. The summed E-state index contributed by atoms with van der Waals surface area (Å²) >= 11 is 3.36. The van der Waals surface area contributed by atoms with E-state index >= 15 is 0 Å². The molecule has 190 valence electrons. The zero-order chi connectivity index (χ0) is 25.6. The average molecular weight is 557 g/mol. The number of nitrogens with zero attached hydrogens (tertiary/aromatic N) is 3. The summed E-state index contributed by atoms with van der Waals surface area (Å²) in [5, 5.41) is 24.5. The lowest BCUT2D eigenvalue weighted by Crippen LogP contribution is -2.42. The molecule has 0 aliphatic heterocycles. The first kappa shape index (κ1) is 28.9. The van der Waals surface area contributed by atoms with E-state index in [4.69, 9.17) is 0 Å². The molecule has 0 fully saturated rings. The van der Waals surface area contributed by atoms with Gasteiger partial charge in [0.1, 0.15) is 0 Å². The molecule has 9 heteroatoms. The minimum atomic E-state index is -3.70. The number of quaternary nitrogens is 2. The number of hydroxylamine groups is 6. The number of hydrogen-bond donors (Lipinski definition) is 0. The molecule has 2 rings (SSSR count). The molecule has 0 saturated heterocycles. The molecule has 2 aromatic rings. The van der Waals surface area contributed by atoms with Gasteiger partial charge in [0, 0.05) is 24.0 Å². The van der Waals surface area contributed by atoms with Gasteiger partial charge in [0.25, 0.3) is 0 Å². The van der Waals surface area contributed by atoms with E-state index in [1.165, 1.54) is 4.31 Å². The van der Waals surface area contributed by atoms with E-state index in [0.717, 1.165) is 21.2 Å². The zero-order valence-corrected chi connectivity index (χ0v) is 23.4. The van der Waals surface area contributed by atoms with Crippen LogP contribution in [0.15, 0.2) is 51.8 Å². The number of unbranched alkanes of at least 4 members (excludes halogenated alkanes) is 1. The first-order valence-corrected chi connectivity index (χ1v) is 13.8. The van der Waals surface area contributed by atoms with E-state index in [-0.39, 0.29) is 11.4 Å². The molecular weight excluding hydrogens is 518 g/mol. The van der Waals surface area contributed by atoms with Gasteiger partial charge < -0.3 is 19.7 Å². The normalized spacial score (nSPS) is 14.4. The van der Waals surface area contributed by atoms with Crippen LogP contribution in [0.3, 0.4) is 0 Å². The fraction of sp³-hybridized carbons (Fsp3) is 0.520. The number of sulfonamides is 1. The number of halogens is 1. The van der Waals surface area contributed by atoms with Gasteiger partial charge in [0.05, 0.1) is 45.7 Å². The molecule has 0 spiro atoms. The third-order valence-electron chi connectivity index (χ3n) is 5.71. The van der Waals surface area contributed by atoms with Crippen LogP contribution in [-0.2, 0) is 16.6 Å². The van der Waals surface area contributed by atoms with Crippen molar-refractivity contribution in [3.05, 3.63) is 74.0 Å². The molecule has 34 heavy (non-hydrogen) atoms. The summed E-state index contributed by atoms with van der Waals surface area (Å²) in [6.07, 6.45) is 1.75. The highest BCUT2D eigenvalue weighted by molar-refractivity contribution is 9.10. The van der Waals surface area contributed by atoms with Gasteiger partial charge in [0.15, 0.2) is 0 Å². The predicted octanol–water partition coefficient (Wildman–Crippen LogP) is 4.95. The summed E-state index contributed by atoms with van der Waals surface area (Å²) in [5.41, 5.74) is 3.13. The summed E-state index contributed by atoms with van der Waals surface area (Å²) in [4.78, 5) is 0.253. The molecule has 0 N–H and O–H groups in total. The van der Waals surface area contributed by atoms with Gasteiger partial charge in [-0.15, -0.1) is 0 Å². The predicted molar refractivity (Wildman–Crippen MR) is 141 cm³/mol. The Labute approximate surface area is 213 Å². The number of rotatable bonds is 13. The van der Waals surface area contributed by atoms with Crippen molar-refractivity contribution in [2.75, 3.05) is 47.3 Å². The molecule has 0 aliphatic rings. The van der Waals surface area contributed by atoms with Gasteiger partial charge in [0.2, 0.25) is 10.0 Å². The SMILES string of the molecule is Cc1cc(C)cc(CN(CCCC[N+](C)([O-])CCC[N+](C)(C)[O-])S(=O)(=O)c2ccc(Br)cc2)c1. The van der Waals surface area contributed by atoms with Crippen LogP contribution in [-0.4, -0.2) is 69.3 Å². The van der Waals surface area contributed by atoms with Crippen LogP contribution in [0.1, 0.15) is 36.0 Å². The van der Waals surface area contributed by atoms with Crippen LogP contribution in [0.5, 0.6) is 0 Å². The highest BCUT2D eigenvalue weighted by atomic mass is 79.9. The number of benzene rings is 2. The summed E-state index contributed by atoms with van der Waals surface area (Å²) in [6.45, 7) is 5.80. The largest absolute Gasteiger partial charge is 0.633 e. The van der Waals surface area contributed by atoms with E-state index in [1.807, 2.05) is 26.0 Å². The number of hydrogen-bond acceptors (Lipinski definition) is 4. The van der Waals surface area contributed by atoms with E-state index in [0.29, 0.717) is 45.4 Å². The second-order valence-electron chi connectivity index (χ2n) is 9.89. The van der Waals surface area contributed by atoms with Gasteiger partial charge in [-0.25, -0.2) is 8.42 Å². The molecule has 0 saturated carbocycles. The van der Waals surface area contributed by atoms with E-state index < -0.39 is 19.3 Å². The Morgan fingerprint density at radius 2 is 1.41 bits per heavy atom. The van der Waals surface area contributed by atoms with Gasteiger partial charge in [-0.3, -0.25) is 0 Å². The average Bonchev–Trinajstić information content (AvgIpc) is 2.68. The standard InChI is InChI=1S/C25H38BrN3O4S/c1-21-17-22(2)19-23(18-21)20-27(34(32,33)25-11-9-24(26)10-12-25)13-6-7-15-29(5,31)16-8-14-28(3,4)30/h9-12,17-19H,6-8,13-16,20H2,1-5H3. The van der Waals surface area contributed by atoms with Crippen LogP contribution < -0.4 is 0 Å². The summed E-state index contributed by atoms with van der Waals surface area (Å²) in [6, 6.07) is 12.8. The summed E-state index contributed by atoms with van der Waals surface area (Å²) in [5.74, 6) is 0. The maximum absolute atomic E-state index is 13.5. The molecule has 0 bridgehead atoms. The molecule has 1 unspecified atom stereocenters. The topological polar surface area (TPSA) is 83.5 Å². The van der Waals surface area contributed by atoms with E-state index in [2.05, 4.69) is 22.0 Å². The minimum Gasteiger partial charge on any atom is -0.633 e. The van der Waals surface area contributed by atoms with Gasteiger partial charge in [-0.2, -0.15) is 4.31 Å². The maximum atomic E-state index is 13.5. The Balaban J connectivity index is 2.08. The van der Waals surface area contributed by atoms with Crippen molar-refractivity contribution in [2.24, 2.45) is 0 Å². The molecule has 0 heterocycles. The summed E-state index contributed by atoms with van der Waals surface area (Å²) in [7, 11) is 1.08. The second-order valence-corrected chi connectivity index (χ2v) is 12.7. The quantitative estimate of drug-likeness (QED) is 0.199. The van der Waals surface area contributed by atoms with Gasteiger partial charge in [-0.05, 0) is 56.5 Å². The van der Waals surface area contributed by atoms with Crippen LogP contribution >= 0.6 is 15.9 Å². The third-order valence-corrected chi connectivity index (χ3v) is 8.10. The van der Waals surface area contributed by atoms with Crippen molar-refractivity contribution in [3.63, 3.8) is 0 Å². The van der Waals surface area contributed by atoms with Crippen LogP contribution in [0.2, 0.25) is 0 Å². The van der Waals surface area contributed by atoms with Crippen molar-refractivity contribution in [1.29, 1.82) is 0 Å². The molecule has 0 amide bonds. The Morgan fingerprint density at radius 3 is 1.97 bits per heavy atom. The van der Waals surface area contributed by atoms with E-state index in [9.17, 15) is 18.8 Å². The van der Waals surface area contributed by atoms with E-state index in [1.54, 1.807) is 45.4 Å². The van der Waals surface area contributed by atoms with Crippen molar-refractivity contribution in [3.8, 4) is 0 Å². The first-order chi connectivity index (χ1) is 15.7. The molecule has 0 aromatic heterocycles. The fourth-order valence-corrected chi connectivity index (χ4v) is 5.77. The first-order valence-electron chi connectivity index (χ1n) is 11.6. The molecule has 2 aromatic carbocycles. The van der Waals surface area contributed by atoms with Crippen molar-refractivity contribution >= 4 is 26.0 Å². The van der Waals surface area contributed by atoms with Crippen molar-refractivity contribution < 1.29 is 17.7 Å². The van der Waals surface area contributed by atoms with Gasteiger partial charge in [-0.1, -0.05) is 45.3 Å².